The second-order valence-corrected chi connectivity index (χ2v) is 7.30. The molecule has 0 saturated heterocycles. The summed E-state index contributed by atoms with van der Waals surface area (Å²) in [5.41, 5.74) is 4.81. The average molecular weight is 403 g/mol. The first-order chi connectivity index (χ1) is 14.6. The molecule has 0 amide bonds. The highest BCUT2D eigenvalue weighted by Crippen LogP contribution is 2.30. The zero-order valence-corrected chi connectivity index (χ0v) is 17.4. The summed E-state index contributed by atoms with van der Waals surface area (Å²) < 4.78 is 1.87. The van der Waals surface area contributed by atoms with Crippen LogP contribution in [0.15, 0.2) is 60.9 Å². The second-order valence-electron chi connectivity index (χ2n) is 7.30. The zero-order valence-electron chi connectivity index (χ0n) is 17.4. The molecular formula is C23H26N6O. The predicted octanol–water partition coefficient (Wildman–Crippen LogP) is 3.98. The maximum atomic E-state index is 9.55. The van der Waals surface area contributed by atoms with Gasteiger partial charge in [0.25, 0.3) is 0 Å². The van der Waals surface area contributed by atoms with E-state index in [1.54, 1.807) is 6.33 Å². The average Bonchev–Trinajstić information content (AvgIpc) is 3.18. The molecule has 154 valence electrons. The summed E-state index contributed by atoms with van der Waals surface area (Å²) in [5, 5.41) is 12.8. The molecule has 0 fully saturated rings. The molecule has 0 aliphatic rings. The molecule has 0 unspecified atom stereocenters. The lowest BCUT2D eigenvalue weighted by Gasteiger charge is -2.21. The molecular weight excluding hydrogens is 376 g/mol. The van der Waals surface area contributed by atoms with Crippen LogP contribution in [0.25, 0.3) is 22.3 Å². The van der Waals surface area contributed by atoms with Gasteiger partial charge in [-0.1, -0.05) is 49.4 Å². The van der Waals surface area contributed by atoms with Crippen LogP contribution in [0.5, 0.6) is 0 Å². The van der Waals surface area contributed by atoms with Gasteiger partial charge in [0.05, 0.1) is 19.0 Å². The number of nitrogens with one attached hydrogen (secondary N) is 1. The van der Waals surface area contributed by atoms with Crippen LogP contribution < -0.4 is 10.2 Å². The number of hydrogen-bond acceptors (Lipinski definition) is 6. The molecule has 0 saturated carbocycles. The van der Waals surface area contributed by atoms with E-state index < -0.39 is 0 Å². The van der Waals surface area contributed by atoms with E-state index in [1.807, 2.05) is 48.7 Å². The molecule has 2 aromatic heterocycles. The van der Waals surface area contributed by atoms with Crippen LogP contribution in [0.4, 0.5) is 17.5 Å². The number of benzene rings is 2. The molecule has 4 rings (SSSR count). The summed E-state index contributed by atoms with van der Waals surface area (Å²) in [6, 6.07) is 18.6. The number of aliphatic hydroxyl groups excluding tert-OH is 1. The normalized spacial score (nSPS) is 12.1. The number of hydrogen-bond donors (Lipinski definition) is 2. The molecule has 7 heteroatoms. The number of anilines is 3. The number of aryl methyl sites for hydroxylation is 1. The predicted molar refractivity (Wildman–Crippen MR) is 121 cm³/mol. The van der Waals surface area contributed by atoms with Gasteiger partial charge in [0, 0.05) is 19.8 Å². The molecule has 2 heterocycles. The zero-order chi connectivity index (χ0) is 21.1. The van der Waals surface area contributed by atoms with E-state index in [1.165, 1.54) is 5.56 Å². The lowest BCUT2D eigenvalue weighted by molar-refractivity contribution is 0.271. The minimum atomic E-state index is -0.0982. The fourth-order valence-electron chi connectivity index (χ4n) is 3.38. The van der Waals surface area contributed by atoms with Crippen molar-refractivity contribution in [1.29, 1.82) is 0 Å². The summed E-state index contributed by atoms with van der Waals surface area (Å²) in [6.07, 6.45) is 2.51. The topological polar surface area (TPSA) is 79.1 Å². The maximum absolute atomic E-state index is 9.55. The van der Waals surface area contributed by atoms with Crippen molar-refractivity contribution in [3.05, 3.63) is 60.9 Å². The molecule has 2 aromatic carbocycles. The Balaban J connectivity index is 1.70. The first-order valence-electron chi connectivity index (χ1n) is 10.1. The first kappa shape index (κ1) is 19.8. The third-order valence-corrected chi connectivity index (χ3v) is 5.27. The van der Waals surface area contributed by atoms with E-state index >= 15 is 0 Å². The summed E-state index contributed by atoms with van der Waals surface area (Å²) in [7, 11) is 3.88. The Morgan fingerprint density at radius 3 is 2.40 bits per heavy atom. The van der Waals surface area contributed by atoms with Crippen molar-refractivity contribution in [2.75, 3.05) is 23.9 Å². The standard InChI is InChI=1S/C23H26N6O/c1-4-18(14-30)25-23-26-21-20(24-15-28(21)2)22(27-23)29(3)19-12-10-17(11-13-19)16-8-6-5-7-9-16/h5-13,15,18,30H,4,14H2,1-3H3,(H,25,26,27)/t18-/m1/s1. The quantitative estimate of drug-likeness (QED) is 0.487. The minimum absolute atomic E-state index is 0.0232. The van der Waals surface area contributed by atoms with Crippen molar-refractivity contribution in [3.8, 4) is 11.1 Å². The van der Waals surface area contributed by atoms with Gasteiger partial charge in [-0.25, -0.2) is 4.98 Å². The van der Waals surface area contributed by atoms with Crippen LogP contribution in [0.3, 0.4) is 0 Å². The van der Waals surface area contributed by atoms with E-state index in [-0.39, 0.29) is 12.6 Å². The van der Waals surface area contributed by atoms with Gasteiger partial charge in [0.2, 0.25) is 5.95 Å². The summed E-state index contributed by atoms with van der Waals surface area (Å²) in [6.45, 7) is 2.03. The molecule has 7 nitrogen and oxygen atoms in total. The summed E-state index contributed by atoms with van der Waals surface area (Å²) in [5.74, 6) is 1.19. The van der Waals surface area contributed by atoms with Crippen LogP contribution >= 0.6 is 0 Å². The van der Waals surface area contributed by atoms with Crippen LogP contribution in [-0.2, 0) is 7.05 Å². The number of aromatic nitrogens is 4. The van der Waals surface area contributed by atoms with Gasteiger partial charge in [0.1, 0.15) is 0 Å². The molecule has 0 aliphatic heterocycles. The Bertz CT molecular complexity index is 1120. The monoisotopic (exact) mass is 402 g/mol. The Morgan fingerprint density at radius 1 is 1.03 bits per heavy atom. The molecule has 0 spiro atoms. The van der Waals surface area contributed by atoms with Gasteiger partial charge in [-0.05, 0) is 29.7 Å². The largest absolute Gasteiger partial charge is 0.394 e. The van der Waals surface area contributed by atoms with E-state index in [4.69, 9.17) is 4.98 Å². The van der Waals surface area contributed by atoms with Crippen molar-refractivity contribution in [2.45, 2.75) is 19.4 Å². The van der Waals surface area contributed by atoms with Crippen molar-refractivity contribution in [3.63, 3.8) is 0 Å². The number of aliphatic hydroxyl groups is 1. The third kappa shape index (κ3) is 3.84. The fraction of sp³-hybridized carbons (Fsp3) is 0.261. The van der Waals surface area contributed by atoms with Gasteiger partial charge in [-0.2, -0.15) is 9.97 Å². The summed E-state index contributed by atoms with van der Waals surface area (Å²) in [4.78, 5) is 15.8. The van der Waals surface area contributed by atoms with Gasteiger partial charge in [-0.15, -0.1) is 0 Å². The Kier molecular flexibility index (Phi) is 5.63. The highest BCUT2D eigenvalue weighted by molar-refractivity contribution is 5.87. The molecule has 0 aliphatic carbocycles. The van der Waals surface area contributed by atoms with E-state index in [9.17, 15) is 5.11 Å². The molecule has 30 heavy (non-hydrogen) atoms. The number of rotatable bonds is 7. The number of imidazole rings is 1. The molecule has 1 atom stereocenters. The smallest absolute Gasteiger partial charge is 0.227 e. The van der Waals surface area contributed by atoms with Crippen LogP contribution in [0, 0.1) is 0 Å². The Morgan fingerprint density at radius 2 is 1.73 bits per heavy atom. The Labute approximate surface area is 176 Å². The molecule has 0 radical (unpaired) electrons. The van der Waals surface area contributed by atoms with Crippen molar-refractivity contribution in [2.24, 2.45) is 7.05 Å². The van der Waals surface area contributed by atoms with Crippen LogP contribution in [-0.4, -0.2) is 44.3 Å². The molecule has 2 N–H and O–H groups in total. The van der Waals surface area contributed by atoms with Crippen molar-refractivity contribution in [1.82, 2.24) is 19.5 Å². The Hall–Kier alpha value is -3.45. The number of fused-ring (bicyclic) bond motifs is 1. The van der Waals surface area contributed by atoms with E-state index in [2.05, 4.69) is 51.7 Å². The lowest BCUT2D eigenvalue weighted by atomic mass is 10.1. The van der Waals surface area contributed by atoms with Gasteiger partial charge >= 0.3 is 0 Å². The van der Waals surface area contributed by atoms with Gasteiger partial charge < -0.3 is 19.9 Å². The molecule has 0 bridgehead atoms. The number of nitrogens with zero attached hydrogens (tertiary/aromatic N) is 5. The molecule has 4 aromatic rings. The second kappa shape index (κ2) is 8.51. The van der Waals surface area contributed by atoms with E-state index in [0.717, 1.165) is 28.8 Å². The fourth-order valence-corrected chi connectivity index (χ4v) is 3.38. The summed E-state index contributed by atoms with van der Waals surface area (Å²) >= 11 is 0. The first-order valence-corrected chi connectivity index (χ1v) is 10.1. The van der Waals surface area contributed by atoms with Gasteiger partial charge in [-0.3, -0.25) is 0 Å². The third-order valence-electron chi connectivity index (χ3n) is 5.27. The minimum Gasteiger partial charge on any atom is -0.394 e. The maximum Gasteiger partial charge on any atom is 0.227 e. The van der Waals surface area contributed by atoms with Gasteiger partial charge in [0.15, 0.2) is 17.0 Å². The highest BCUT2D eigenvalue weighted by atomic mass is 16.3. The van der Waals surface area contributed by atoms with Crippen LogP contribution in [0.2, 0.25) is 0 Å². The van der Waals surface area contributed by atoms with Crippen LogP contribution in [0.1, 0.15) is 13.3 Å². The highest BCUT2D eigenvalue weighted by Gasteiger charge is 2.18. The SMILES string of the molecule is CC[C@H](CO)Nc1nc(N(C)c2ccc(-c3ccccc3)cc2)c2ncn(C)c2n1. The van der Waals surface area contributed by atoms with Crippen molar-refractivity contribution >= 4 is 28.6 Å². The van der Waals surface area contributed by atoms with E-state index in [0.29, 0.717) is 11.8 Å². The van der Waals surface area contributed by atoms with Crippen molar-refractivity contribution < 1.29 is 5.11 Å². The lowest BCUT2D eigenvalue weighted by Crippen LogP contribution is -2.24.